The lowest BCUT2D eigenvalue weighted by molar-refractivity contribution is 0.173. The van der Waals surface area contributed by atoms with Gasteiger partial charge in [-0.05, 0) is 41.8 Å². The van der Waals surface area contributed by atoms with E-state index in [0.717, 1.165) is 16.9 Å². The molecule has 3 heteroatoms. The quantitative estimate of drug-likeness (QED) is 0.900. The Balaban J connectivity index is 1.98. The van der Waals surface area contributed by atoms with Crippen LogP contribution < -0.4 is 4.74 Å². The minimum absolute atomic E-state index is 0.420. The maximum absolute atomic E-state index is 9.71. The number of nitrogens with zero attached hydrogens (tertiary/aromatic N) is 1. The molecule has 0 heterocycles. The van der Waals surface area contributed by atoms with Gasteiger partial charge in [-0.3, -0.25) is 0 Å². The molecule has 20 heavy (non-hydrogen) atoms. The molecule has 1 unspecified atom stereocenters. The van der Waals surface area contributed by atoms with Crippen LogP contribution in [0.5, 0.6) is 5.75 Å². The summed E-state index contributed by atoms with van der Waals surface area (Å²) in [6, 6.07) is 16.9. The summed E-state index contributed by atoms with van der Waals surface area (Å²) >= 11 is 0. The normalized spacial score (nSPS) is 11.7. The molecule has 1 N–H and O–H groups in total. The summed E-state index contributed by atoms with van der Waals surface area (Å²) in [6.45, 7) is 2.36. The zero-order valence-electron chi connectivity index (χ0n) is 11.4. The van der Waals surface area contributed by atoms with Crippen molar-refractivity contribution in [2.45, 2.75) is 26.1 Å². The van der Waals surface area contributed by atoms with Gasteiger partial charge in [0.05, 0.1) is 17.7 Å². The number of aliphatic hydroxyl groups excluding tert-OH is 1. The molecular weight excluding hydrogens is 250 g/mol. The van der Waals surface area contributed by atoms with Crippen LogP contribution in [0.2, 0.25) is 0 Å². The average molecular weight is 267 g/mol. The molecular formula is C17H17NO2. The molecule has 0 aliphatic rings. The third kappa shape index (κ3) is 3.59. The van der Waals surface area contributed by atoms with Gasteiger partial charge >= 0.3 is 0 Å². The minimum Gasteiger partial charge on any atom is -0.489 e. The first-order valence-corrected chi connectivity index (χ1v) is 6.62. The van der Waals surface area contributed by atoms with Gasteiger partial charge in [-0.25, -0.2) is 0 Å². The van der Waals surface area contributed by atoms with Crippen LogP contribution >= 0.6 is 0 Å². The smallest absolute Gasteiger partial charge is 0.119 e. The monoisotopic (exact) mass is 267 g/mol. The van der Waals surface area contributed by atoms with Gasteiger partial charge in [0.1, 0.15) is 12.4 Å². The molecule has 0 bridgehead atoms. The summed E-state index contributed by atoms with van der Waals surface area (Å²) in [5.41, 5.74) is 2.49. The Hall–Kier alpha value is -2.31. The summed E-state index contributed by atoms with van der Waals surface area (Å²) < 4.78 is 5.67. The van der Waals surface area contributed by atoms with Gasteiger partial charge in [0.2, 0.25) is 0 Å². The Bertz CT molecular complexity index is 599. The fourth-order valence-corrected chi connectivity index (χ4v) is 1.92. The first-order chi connectivity index (χ1) is 9.72. The Morgan fingerprint density at radius 3 is 2.60 bits per heavy atom. The number of benzene rings is 2. The first-order valence-electron chi connectivity index (χ1n) is 6.62. The van der Waals surface area contributed by atoms with E-state index in [1.807, 2.05) is 49.4 Å². The molecule has 0 spiro atoms. The molecule has 2 aromatic carbocycles. The predicted octanol–water partition coefficient (Wildman–Crippen LogP) is 3.58. The van der Waals surface area contributed by atoms with E-state index in [1.165, 1.54) is 0 Å². The van der Waals surface area contributed by atoms with Crippen LogP contribution in [0.3, 0.4) is 0 Å². The summed E-state index contributed by atoms with van der Waals surface area (Å²) in [5, 5.41) is 18.6. The molecule has 3 nitrogen and oxygen atoms in total. The summed E-state index contributed by atoms with van der Waals surface area (Å²) in [5.74, 6) is 0.749. The van der Waals surface area contributed by atoms with Gasteiger partial charge in [-0.15, -0.1) is 0 Å². The van der Waals surface area contributed by atoms with Crippen LogP contribution in [0.4, 0.5) is 0 Å². The maximum Gasteiger partial charge on any atom is 0.119 e. The third-order valence-electron chi connectivity index (χ3n) is 3.11. The molecule has 102 valence electrons. The zero-order chi connectivity index (χ0) is 14.4. The summed E-state index contributed by atoms with van der Waals surface area (Å²) in [7, 11) is 0. The Labute approximate surface area is 119 Å². The second-order valence-corrected chi connectivity index (χ2v) is 4.59. The van der Waals surface area contributed by atoms with Crippen molar-refractivity contribution in [1.29, 1.82) is 5.26 Å². The van der Waals surface area contributed by atoms with Gasteiger partial charge < -0.3 is 9.84 Å². The molecule has 2 rings (SSSR count). The molecule has 0 radical (unpaired) electrons. The second-order valence-electron chi connectivity index (χ2n) is 4.59. The predicted molar refractivity (Wildman–Crippen MR) is 77.2 cm³/mol. The average Bonchev–Trinajstić information content (AvgIpc) is 2.53. The SMILES string of the molecule is CCC(O)c1ccc(OCc2cccc(C#N)c2)cc1. The number of hydrogen-bond donors (Lipinski definition) is 1. The molecule has 0 aliphatic carbocycles. The molecule has 0 fully saturated rings. The summed E-state index contributed by atoms with van der Waals surface area (Å²) in [4.78, 5) is 0. The highest BCUT2D eigenvalue weighted by molar-refractivity contribution is 5.33. The largest absolute Gasteiger partial charge is 0.489 e. The highest BCUT2D eigenvalue weighted by Gasteiger charge is 2.04. The standard InChI is InChI=1S/C17H17NO2/c1-2-17(19)15-6-8-16(9-7-15)20-12-14-5-3-4-13(10-14)11-18/h3-10,17,19H,2,12H2,1H3. The number of hydrogen-bond acceptors (Lipinski definition) is 3. The molecule has 0 amide bonds. The minimum atomic E-state index is -0.420. The van der Waals surface area contributed by atoms with E-state index in [2.05, 4.69) is 6.07 Å². The Kier molecular flexibility index (Phi) is 4.75. The van der Waals surface area contributed by atoms with Crippen molar-refractivity contribution in [3.63, 3.8) is 0 Å². The zero-order valence-corrected chi connectivity index (χ0v) is 11.4. The van der Waals surface area contributed by atoms with E-state index in [0.29, 0.717) is 18.6 Å². The van der Waals surface area contributed by atoms with Crippen molar-refractivity contribution >= 4 is 0 Å². The van der Waals surface area contributed by atoms with Crippen LogP contribution in [-0.4, -0.2) is 5.11 Å². The van der Waals surface area contributed by atoms with E-state index < -0.39 is 6.10 Å². The van der Waals surface area contributed by atoms with E-state index in [4.69, 9.17) is 10.00 Å². The molecule has 0 aromatic heterocycles. The van der Waals surface area contributed by atoms with Crippen molar-refractivity contribution in [2.24, 2.45) is 0 Å². The number of rotatable bonds is 5. The van der Waals surface area contributed by atoms with Gasteiger partial charge in [-0.2, -0.15) is 5.26 Å². The fraction of sp³-hybridized carbons (Fsp3) is 0.235. The summed E-state index contributed by atoms with van der Waals surface area (Å²) in [6.07, 6.45) is 0.276. The van der Waals surface area contributed by atoms with Crippen molar-refractivity contribution in [3.05, 3.63) is 65.2 Å². The van der Waals surface area contributed by atoms with E-state index >= 15 is 0 Å². The van der Waals surface area contributed by atoms with Gasteiger partial charge in [-0.1, -0.05) is 31.2 Å². The van der Waals surface area contributed by atoms with Crippen LogP contribution in [0.25, 0.3) is 0 Å². The Morgan fingerprint density at radius 2 is 1.95 bits per heavy atom. The van der Waals surface area contributed by atoms with Crippen molar-refractivity contribution in [1.82, 2.24) is 0 Å². The fourth-order valence-electron chi connectivity index (χ4n) is 1.92. The molecule has 1 atom stereocenters. The van der Waals surface area contributed by atoms with Crippen molar-refractivity contribution < 1.29 is 9.84 Å². The van der Waals surface area contributed by atoms with E-state index in [1.54, 1.807) is 6.07 Å². The number of aliphatic hydroxyl groups is 1. The van der Waals surface area contributed by atoms with E-state index in [9.17, 15) is 5.11 Å². The Morgan fingerprint density at radius 1 is 1.20 bits per heavy atom. The number of nitriles is 1. The molecule has 0 aliphatic heterocycles. The van der Waals surface area contributed by atoms with Crippen LogP contribution in [0.1, 0.15) is 36.1 Å². The maximum atomic E-state index is 9.71. The highest BCUT2D eigenvalue weighted by Crippen LogP contribution is 2.20. The topological polar surface area (TPSA) is 53.2 Å². The van der Waals surface area contributed by atoms with Crippen molar-refractivity contribution in [3.8, 4) is 11.8 Å². The van der Waals surface area contributed by atoms with Crippen LogP contribution in [-0.2, 0) is 6.61 Å². The molecule has 2 aromatic rings. The van der Waals surface area contributed by atoms with Gasteiger partial charge in [0.15, 0.2) is 0 Å². The lowest BCUT2D eigenvalue weighted by atomic mass is 10.1. The van der Waals surface area contributed by atoms with Crippen LogP contribution in [0, 0.1) is 11.3 Å². The molecule has 0 saturated heterocycles. The molecule has 0 saturated carbocycles. The number of ether oxygens (including phenoxy) is 1. The lowest BCUT2D eigenvalue weighted by Crippen LogP contribution is -1.97. The van der Waals surface area contributed by atoms with E-state index in [-0.39, 0.29) is 0 Å². The first kappa shape index (κ1) is 14.1. The van der Waals surface area contributed by atoms with Crippen LogP contribution in [0.15, 0.2) is 48.5 Å². The third-order valence-corrected chi connectivity index (χ3v) is 3.11. The van der Waals surface area contributed by atoms with Gasteiger partial charge in [0, 0.05) is 0 Å². The van der Waals surface area contributed by atoms with Gasteiger partial charge in [0.25, 0.3) is 0 Å². The highest BCUT2D eigenvalue weighted by atomic mass is 16.5. The lowest BCUT2D eigenvalue weighted by Gasteiger charge is -2.10. The van der Waals surface area contributed by atoms with Crippen molar-refractivity contribution in [2.75, 3.05) is 0 Å². The second kappa shape index (κ2) is 6.74.